The van der Waals surface area contributed by atoms with Gasteiger partial charge in [0.1, 0.15) is 0 Å². The molecule has 1 aromatic carbocycles. The first-order chi connectivity index (χ1) is 10.6. The van der Waals surface area contributed by atoms with Crippen LogP contribution in [0, 0.1) is 15.5 Å². The van der Waals surface area contributed by atoms with E-state index in [1.165, 1.54) is 38.5 Å². The van der Waals surface area contributed by atoms with Gasteiger partial charge in [0.15, 0.2) is 0 Å². The summed E-state index contributed by atoms with van der Waals surface area (Å²) in [6.07, 6.45) is 7.97. The molecule has 1 heterocycles. The van der Waals surface area contributed by atoms with Crippen LogP contribution in [-0.4, -0.2) is 25.1 Å². The zero-order valence-corrected chi connectivity index (χ0v) is 13.2. The molecule has 120 valence electrons. The number of non-ortho nitro benzene ring substituents is 1. The molecule has 1 aliphatic carbocycles. The second kappa shape index (κ2) is 6.24. The molecule has 0 unspecified atom stereocenters. The van der Waals surface area contributed by atoms with Crippen molar-refractivity contribution < 1.29 is 9.66 Å². The molecule has 3 rings (SSSR count). The zero-order chi connectivity index (χ0) is 15.6. The maximum Gasteiger partial charge on any atom is 0.269 e. The normalized spacial score (nSPS) is 20.5. The van der Waals surface area contributed by atoms with Crippen LogP contribution in [0.2, 0.25) is 0 Å². The van der Waals surface area contributed by atoms with Crippen LogP contribution < -0.4 is 4.90 Å². The summed E-state index contributed by atoms with van der Waals surface area (Å²) >= 11 is 0. The van der Waals surface area contributed by atoms with Crippen molar-refractivity contribution in [1.82, 2.24) is 0 Å². The minimum Gasteiger partial charge on any atom is -0.380 e. The van der Waals surface area contributed by atoms with Crippen LogP contribution in [0.4, 0.5) is 11.4 Å². The summed E-state index contributed by atoms with van der Waals surface area (Å²) in [5.41, 5.74) is 2.64. The summed E-state index contributed by atoms with van der Waals surface area (Å²) in [5.74, 6) is 0. The number of nitro benzene ring substituents is 1. The van der Waals surface area contributed by atoms with E-state index >= 15 is 0 Å². The van der Waals surface area contributed by atoms with Crippen molar-refractivity contribution >= 4 is 11.4 Å². The smallest absolute Gasteiger partial charge is 0.269 e. The van der Waals surface area contributed by atoms with E-state index in [-0.39, 0.29) is 10.6 Å². The first-order valence-electron chi connectivity index (χ1n) is 8.15. The third-order valence-corrected chi connectivity index (χ3v) is 5.27. The molecule has 1 aromatic rings. The molecule has 1 saturated heterocycles. The average molecular weight is 304 g/mol. The molecule has 2 aliphatic rings. The Hall–Kier alpha value is -1.62. The minimum absolute atomic E-state index is 0.141. The van der Waals surface area contributed by atoms with Gasteiger partial charge in [-0.3, -0.25) is 10.1 Å². The average Bonchev–Trinajstić information content (AvgIpc) is 2.91. The number of methoxy groups -OCH3 is 1. The van der Waals surface area contributed by atoms with E-state index in [2.05, 4.69) is 4.90 Å². The highest BCUT2D eigenvalue weighted by Crippen LogP contribution is 2.45. The monoisotopic (exact) mass is 304 g/mol. The summed E-state index contributed by atoms with van der Waals surface area (Å²) in [6, 6.07) is 5.17. The molecule has 1 spiro atoms. The van der Waals surface area contributed by atoms with Gasteiger partial charge in [0, 0.05) is 43.6 Å². The SMILES string of the molecule is COCc1cc([N+](=O)[O-])ccc1N1CCC2(CCCCC2)C1. The zero-order valence-electron chi connectivity index (χ0n) is 13.2. The molecule has 0 amide bonds. The van der Waals surface area contributed by atoms with Crippen LogP contribution in [0.5, 0.6) is 0 Å². The fourth-order valence-electron chi connectivity index (χ4n) is 4.12. The third kappa shape index (κ3) is 2.95. The van der Waals surface area contributed by atoms with E-state index < -0.39 is 0 Å². The molecule has 0 N–H and O–H groups in total. The van der Waals surface area contributed by atoms with Gasteiger partial charge in [-0.05, 0) is 30.7 Å². The Morgan fingerprint density at radius 1 is 1.27 bits per heavy atom. The number of hydrogen-bond acceptors (Lipinski definition) is 4. The largest absolute Gasteiger partial charge is 0.380 e. The molecule has 5 nitrogen and oxygen atoms in total. The Kier molecular flexibility index (Phi) is 4.34. The van der Waals surface area contributed by atoms with E-state index in [0.29, 0.717) is 12.0 Å². The van der Waals surface area contributed by atoms with Gasteiger partial charge < -0.3 is 9.64 Å². The Labute approximate surface area is 131 Å². The molecular formula is C17H24N2O3. The Balaban J connectivity index is 1.83. The van der Waals surface area contributed by atoms with Crippen molar-refractivity contribution in [2.45, 2.75) is 45.1 Å². The summed E-state index contributed by atoms with van der Waals surface area (Å²) in [4.78, 5) is 13.1. The van der Waals surface area contributed by atoms with Crippen LogP contribution in [0.3, 0.4) is 0 Å². The molecule has 0 atom stereocenters. The van der Waals surface area contributed by atoms with Crippen LogP contribution in [0.25, 0.3) is 0 Å². The summed E-state index contributed by atoms with van der Waals surface area (Å²) in [5, 5.41) is 11.0. The predicted molar refractivity (Wildman–Crippen MR) is 86.2 cm³/mol. The molecular weight excluding hydrogens is 280 g/mol. The Morgan fingerprint density at radius 3 is 2.73 bits per heavy atom. The number of anilines is 1. The van der Waals surface area contributed by atoms with Crippen molar-refractivity contribution in [2.24, 2.45) is 5.41 Å². The maximum absolute atomic E-state index is 11.0. The highest BCUT2D eigenvalue weighted by Gasteiger charge is 2.39. The quantitative estimate of drug-likeness (QED) is 0.625. The Morgan fingerprint density at radius 2 is 2.05 bits per heavy atom. The molecule has 0 radical (unpaired) electrons. The fraction of sp³-hybridized carbons (Fsp3) is 0.647. The number of benzene rings is 1. The van der Waals surface area contributed by atoms with E-state index in [9.17, 15) is 10.1 Å². The van der Waals surface area contributed by atoms with E-state index in [1.807, 2.05) is 6.07 Å². The van der Waals surface area contributed by atoms with Gasteiger partial charge in [0.25, 0.3) is 5.69 Å². The van der Waals surface area contributed by atoms with Crippen molar-refractivity contribution in [3.63, 3.8) is 0 Å². The lowest BCUT2D eigenvalue weighted by atomic mass is 9.73. The van der Waals surface area contributed by atoms with Gasteiger partial charge in [-0.2, -0.15) is 0 Å². The highest BCUT2D eigenvalue weighted by atomic mass is 16.6. The fourth-order valence-corrected chi connectivity index (χ4v) is 4.12. The molecule has 1 aliphatic heterocycles. The minimum atomic E-state index is -0.338. The van der Waals surface area contributed by atoms with Gasteiger partial charge in [0.2, 0.25) is 0 Å². The van der Waals surface area contributed by atoms with Crippen molar-refractivity contribution in [2.75, 3.05) is 25.1 Å². The van der Waals surface area contributed by atoms with Gasteiger partial charge in [-0.15, -0.1) is 0 Å². The second-order valence-electron chi connectivity index (χ2n) is 6.74. The summed E-state index contributed by atoms with van der Waals surface area (Å²) < 4.78 is 5.25. The van der Waals surface area contributed by atoms with E-state index in [1.54, 1.807) is 19.2 Å². The van der Waals surface area contributed by atoms with Crippen LogP contribution in [0.15, 0.2) is 18.2 Å². The highest BCUT2D eigenvalue weighted by molar-refractivity contribution is 5.58. The van der Waals surface area contributed by atoms with Crippen molar-refractivity contribution in [3.8, 4) is 0 Å². The number of nitrogens with zero attached hydrogens (tertiary/aromatic N) is 2. The predicted octanol–water partition coefficient (Wildman–Crippen LogP) is 3.90. The second-order valence-corrected chi connectivity index (χ2v) is 6.74. The number of ether oxygens (including phenoxy) is 1. The topological polar surface area (TPSA) is 55.6 Å². The first-order valence-corrected chi connectivity index (χ1v) is 8.15. The number of nitro groups is 1. The molecule has 2 fully saturated rings. The summed E-state index contributed by atoms with van der Waals surface area (Å²) in [7, 11) is 1.63. The van der Waals surface area contributed by atoms with Crippen LogP contribution >= 0.6 is 0 Å². The van der Waals surface area contributed by atoms with Gasteiger partial charge >= 0.3 is 0 Å². The van der Waals surface area contributed by atoms with Gasteiger partial charge in [-0.25, -0.2) is 0 Å². The first kappa shape index (κ1) is 15.3. The van der Waals surface area contributed by atoms with Gasteiger partial charge in [0.05, 0.1) is 11.5 Å². The number of rotatable bonds is 4. The van der Waals surface area contributed by atoms with E-state index in [4.69, 9.17) is 4.74 Å². The lowest BCUT2D eigenvalue weighted by molar-refractivity contribution is -0.384. The standard InChI is InChI=1S/C17H24N2O3/c1-22-12-14-11-15(19(20)21)5-6-16(14)18-10-9-17(13-18)7-3-2-4-8-17/h5-6,11H,2-4,7-10,12-13H2,1H3. The lowest BCUT2D eigenvalue weighted by Crippen LogP contribution is -2.29. The van der Waals surface area contributed by atoms with Crippen molar-refractivity contribution in [3.05, 3.63) is 33.9 Å². The molecule has 5 heteroatoms. The van der Waals surface area contributed by atoms with Crippen LogP contribution in [-0.2, 0) is 11.3 Å². The summed E-state index contributed by atoms with van der Waals surface area (Å²) in [6.45, 7) is 2.55. The third-order valence-electron chi connectivity index (χ3n) is 5.27. The molecule has 0 aromatic heterocycles. The maximum atomic E-state index is 11.0. The number of hydrogen-bond donors (Lipinski definition) is 0. The molecule has 0 bridgehead atoms. The van der Waals surface area contributed by atoms with Crippen molar-refractivity contribution in [1.29, 1.82) is 0 Å². The van der Waals surface area contributed by atoms with E-state index in [0.717, 1.165) is 24.3 Å². The van der Waals surface area contributed by atoms with Crippen LogP contribution in [0.1, 0.15) is 44.1 Å². The molecule has 1 saturated carbocycles. The lowest BCUT2D eigenvalue weighted by Gasteiger charge is -2.33. The Bertz CT molecular complexity index is 553. The molecule has 22 heavy (non-hydrogen) atoms. The van der Waals surface area contributed by atoms with Gasteiger partial charge in [-0.1, -0.05) is 19.3 Å².